The zero-order valence-electron chi connectivity index (χ0n) is 9.20. The zero-order valence-corrected chi connectivity index (χ0v) is 9.20. The summed E-state index contributed by atoms with van der Waals surface area (Å²) in [4.78, 5) is 0. The van der Waals surface area contributed by atoms with E-state index >= 15 is 0 Å². The zero-order chi connectivity index (χ0) is 11.0. The Balaban J connectivity index is 2.38. The molecule has 1 aliphatic heterocycles. The first kappa shape index (κ1) is 9.22. The maximum Gasteiger partial charge on any atom is 0.0456 e. The van der Waals surface area contributed by atoms with Crippen molar-refractivity contribution >= 4 is 18.0 Å². The van der Waals surface area contributed by atoms with Crippen molar-refractivity contribution in [2.75, 3.05) is 5.32 Å². The minimum Gasteiger partial charge on any atom is -0.361 e. The lowest BCUT2D eigenvalue weighted by atomic mass is 10.1. The highest BCUT2D eigenvalue weighted by atomic mass is 14.8. The van der Waals surface area contributed by atoms with Crippen LogP contribution in [0.3, 0.4) is 0 Å². The molecule has 0 amide bonds. The van der Waals surface area contributed by atoms with Crippen LogP contribution in [0, 0.1) is 6.92 Å². The van der Waals surface area contributed by atoms with Crippen LogP contribution in [0.5, 0.6) is 0 Å². The molecule has 16 heavy (non-hydrogen) atoms. The molecule has 1 aliphatic rings. The molecule has 0 aliphatic carbocycles. The van der Waals surface area contributed by atoms with Crippen molar-refractivity contribution in [2.24, 2.45) is 0 Å². The highest BCUT2D eigenvalue weighted by molar-refractivity contribution is 5.74. The third kappa shape index (κ3) is 1.41. The van der Waals surface area contributed by atoms with Gasteiger partial charge >= 0.3 is 0 Å². The molecule has 2 aromatic rings. The summed E-state index contributed by atoms with van der Waals surface area (Å²) in [5.41, 5.74) is 3.76. The number of benzene rings is 2. The highest BCUT2D eigenvalue weighted by Gasteiger charge is 2.03. The van der Waals surface area contributed by atoms with Crippen molar-refractivity contribution < 1.29 is 0 Å². The molecular formula is C15H13N. The van der Waals surface area contributed by atoms with Gasteiger partial charge in [-0.15, -0.1) is 0 Å². The quantitative estimate of drug-likeness (QED) is 0.696. The molecule has 0 unspecified atom stereocenters. The Labute approximate surface area is 94.7 Å². The van der Waals surface area contributed by atoms with Crippen molar-refractivity contribution in [3.8, 4) is 0 Å². The van der Waals surface area contributed by atoms with Crippen molar-refractivity contribution in [1.82, 2.24) is 0 Å². The molecule has 0 atom stereocenters. The maximum atomic E-state index is 3.37. The minimum absolute atomic E-state index is 1.18. The smallest absolute Gasteiger partial charge is 0.0456 e. The molecule has 0 saturated carbocycles. The van der Waals surface area contributed by atoms with Gasteiger partial charge in [0.25, 0.3) is 0 Å². The molecule has 3 rings (SSSR count). The molecule has 1 nitrogen and oxygen atoms in total. The van der Waals surface area contributed by atoms with Gasteiger partial charge in [-0.05, 0) is 35.1 Å². The van der Waals surface area contributed by atoms with Gasteiger partial charge in [0.2, 0.25) is 0 Å². The maximum absolute atomic E-state index is 3.37. The lowest BCUT2D eigenvalue weighted by molar-refractivity contribution is 1.43. The minimum atomic E-state index is 1.18. The summed E-state index contributed by atoms with van der Waals surface area (Å²) < 4.78 is 0. The van der Waals surface area contributed by atoms with E-state index in [-0.39, 0.29) is 0 Å². The Morgan fingerprint density at radius 3 is 2.56 bits per heavy atom. The SMILES string of the molecule is Cc1cccc2c1C=c1ccccc1=CN2. The second-order valence-corrected chi connectivity index (χ2v) is 4.10. The van der Waals surface area contributed by atoms with Gasteiger partial charge in [-0.3, -0.25) is 0 Å². The van der Waals surface area contributed by atoms with E-state index in [2.05, 4.69) is 67.0 Å². The molecule has 0 bridgehead atoms. The summed E-state index contributed by atoms with van der Waals surface area (Å²) in [6.45, 7) is 2.14. The summed E-state index contributed by atoms with van der Waals surface area (Å²) >= 11 is 0. The molecule has 0 fully saturated rings. The number of hydrogen-bond acceptors (Lipinski definition) is 1. The molecular weight excluding hydrogens is 194 g/mol. The lowest BCUT2D eigenvalue weighted by Gasteiger charge is -2.06. The summed E-state index contributed by atoms with van der Waals surface area (Å²) in [7, 11) is 0. The number of rotatable bonds is 0. The molecule has 2 aromatic carbocycles. The van der Waals surface area contributed by atoms with Gasteiger partial charge in [0.15, 0.2) is 0 Å². The van der Waals surface area contributed by atoms with Crippen LogP contribution in [0.15, 0.2) is 42.5 Å². The van der Waals surface area contributed by atoms with Crippen LogP contribution < -0.4 is 15.8 Å². The monoisotopic (exact) mass is 207 g/mol. The Morgan fingerprint density at radius 2 is 1.69 bits per heavy atom. The van der Waals surface area contributed by atoms with Crippen molar-refractivity contribution in [1.29, 1.82) is 0 Å². The second-order valence-electron chi connectivity index (χ2n) is 4.10. The Morgan fingerprint density at radius 1 is 0.875 bits per heavy atom. The number of nitrogens with one attached hydrogen (secondary N) is 1. The van der Waals surface area contributed by atoms with Gasteiger partial charge < -0.3 is 5.32 Å². The average molecular weight is 207 g/mol. The first-order chi connectivity index (χ1) is 7.84. The fraction of sp³-hybridized carbons (Fsp3) is 0.0667. The van der Waals surface area contributed by atoms with Crippen LogP contribution in [-0.2, 0) is 0 Å². The molecule has 0 radical (unpaired) electrons. The predicted molar refractivity (Wildman–Crippen MR) is 68.5 cm³/mol. The van der Waals surface area contributed by atoms with Crippen LogP contribution in [0.2, 0.25) is 0 Å². The van der Waals surface area contributed by atoms with Gasteiger partial charge in [0.1, 0.15) is 0 Å². The summed E-state index contributed by atoms with van der Waals surface area (Å²) in [6.07, 6.45) is 4.31. The Hall–Kier alpha value is -2.02. The van der Waals surface area contributed by atoms with Gasteiger partial charge in [-0.1, -0.05) is 36.4 Å². The fourth-order valence-corrected chi connectivity index (χ4v) is 2.08. The molecule has 1 heteroatoms. The summed E-state index contributed by atoms with van der Waals surface area (Å²) in [5, 5.41) is 5.87. The summed E-state index contributed by atoms with van der Waals surface area (Å²) in [6, 6.07) is 14.8. The van der Waals surface area contributed by atoms with E-state index < -0.39 is 0 Å². The summed E-state index contributed by atoms with van der Waals surface area (Å²) in [5.74, 6) is 0. The first-order valence-corrected chi connectivity index (χ1v) is 5.48. The molecule has 0 aromatic heterocycles. The van der Waals surface area contributed by atoms with Crippen LogP contribution >= 0.6 is 0 Å². The average Bonchev–Trinajstić information content (AvgIpc) is 2.50. The number of anilines is 1. The fourth-order valence-electron chi connectivity index (χ4n) is 2.08. The molecule has 78 valence electrons. The van der Waals surface area contributed by atoms with E-state index in [0.717, 1.165) is 0 Å². The van der Waals surface area contributed by atoms with Gasteiger partial charge in [-0.25, -0.2) is 0 Å². The lowest BCUT2D eigenvalue weighted by Crippen LogP contribution is -2.23. The van der Waals surface area contributed by atoms with E-state index in [1.807, 2.05) is 0 Å². The van der Waals surface area contributed by atoms with Crippen molar-refractivity contribution in [3.63, 3.8) is 0 Å². The van der Waals surface area contributed by atoms with Crippen LogP contribution in [0.1, 0.15) is 11.1 Å². The van der Waals surface area contributed by atoms with Gasteiger partial charge in [0, 0.05) is 17.5 Å². The van der Waals surface area contributed by atoms with Gasteiger partial charge in [0.05, 0.1) is 0 Å². The first-order valence-electron chi connectivity index (χ1n) is 5.48. The van der Waals surface area contributed by atoms with E-state index in [0.29, 0.717) is 0 Å². The van der Waals surface area contributed by atoms with E-state index in [9.17, 15) is 0 Å². The van der Waals surface area contributed by atoms with Crippen LogP contribution in [-0.4, -0.2) is 0 Å². The highest BCUT2D eigenvalue weighted by Crippen LogP contribution is 2.20. The normalized spacial score (nSPS) is 12.3. The van der Waals surface area contributed by atoms with Crippen molar-refractivity contribution in [3.05, 3.63) is 64.0 Å². The van der Waals surface area contributed by atoms with Crippen LogP contribution in [0.25, 0.3) is 12.3 Å². The third-order valence-electron chi connectivity index (χ3n) is 3.00. The van der Waals surface area contributed by atoms with E-state index in [4.69, 9.17) is 0 Å². The molecule has 1 heterocycles. The Kier molecular flexibility index (Phi) is 2.03. The largest absolute Gasteiger partial charge is 0.361 e. The molecule has 1 N–H and O–H groups in total. The number of hydrogen-bond donors (Lipinski definition) is 1. The third-order valence-corrected chi connectivity index (χ3v) is 3.00. The van der Waals surface area contributed by atoms with Crippen molar-refractivity contribution in [2.45, 2.75) is 6.92 Å². The molecule has 0 spiro atoms. The molecule has 0 saturated heterocycles. The standard InChI is InChI=1S/C15H13N/c1-11-5-4-8-15-14(11)9-12-6-2-3-7-13(12)10-16-15/h2-10,16H,1H3. The van der Waals surface area contributed by atoms with E-state index in [1.165, 1.54) is 27.3 Å². The second kappa shape index (κ2) is 3.53. The number of aryl methyl sites for hydroxylation is 1. The van der Waals surface area contributed by atoms with E-state index in [1.54, 1.807) is 0 Å². The predicted octanol–water partition coefficient (Wildman–Crippen LogP) is 1.99. The van der Waals surface area contributed by atoms with Crippen LogP contribution in [0.4, 0.5) is 5.69 Å². The van der Waals surface area contributed by atoms with Gasteiger partial charge in [-0.2, -0.15) is 0 Å². The number of fused-ring (bicyclic) bond motifs is 2. The Bertz CT molecular complexity index is 653. The topological polar surface area (TPSA) is 12.0 Å².